The molecule has 5 heteroatoms. The van der Waals surface area contributed by atoms with Crippen molar-refractivity contribution < 1.29 is 23.1 Å². The van der Waals surface area contributed by atoms with E-state index in [0.717, 1.165) is 18.2 Å². The SMILES string of the molecule is CCOC(=O)CCCCC(=O)c1cc(F)cc(F)c1. The Hall–Kier alpha value is -1.78. The number of esters is 1. The molecule has 104 valence electrons. The van der Waals surface area contributed by atoms with E-state index in [1.54, 1.807) is 6.92 Å². The van der Waals surface area contributed by atoms with E-state index in [0.29, 0.717) is 19.4 Å². The van der Waals surface area contributed by atoms with Crippen LogP contribution in [0.2, 0.25) is 0 Å². The van der Waals surface area contributed by atoms with Gasteiger partial charge in [0, 0.05) is 24.5 Å². The lowest BCUT2D eigenvalue weighted by molar-refractivity contribution is -0.143. The Kier molecular flexibility index (Phi) is 6.12. The standard InChI is InChI=1S/C14H16F2O3/c1-2-19-14(18)6-4-3-5-13(17)10-7-11(15)9-12(16)8-10/h7-9H,2-6H2,1H3. The second-order valence-electron chi connectivity index (χ2n) is 4.09. The van der Waals surface area contributed by atoms with E-state index in [1.807, 2.05) is 0 Å². The topological polar surface area (TPSA) is 43.4 Å². The molecule has 0 unspecified atom stereocenters. The quantitative estimate of drug-likeness (QED) is 0.434. The number of rotatable bonds is 7. The molecule has 1 rings (SSSR count). The number of ketones is 1. The average molecular weight is 270 g/mol. The number of carbonyl (C=O) groups excluding carboxylic acids is 2. The zero-order valence-corrected chi connectivity index (χ0v) is 10.7. The Labute approximate surface area is 110 Å². The van der Waals surface area contributed by atoms with Gasteiger partial charge in [0.05, 0.1) is 6.61 Å². The molecular weight excluding hydrogens is 254 g/mol. The zero-order chi connectivity index (χ0) is 14.3. The molecule has 0 saturated heterocycles. The molecule has 0 heterocycles. The Morgan fingerprint density at radius 3 is 2.21 bits per heavy atom. The fourth-order valence-corrected chi connectivity index (χ4v) is 1.65. The van der Waals surface area contributed by atoms with E-state index in [1.165, 1.54) is 0 Å². The summed E-state index contributed by atoms with van der Waals surface area (Å²) in [6.07, 6.45) is 1.40. The van der Waals surface area contributed by atoms with Crippen molar-refractivity contribution in [2.45, 2.75) is 32.6 Å². The Bertz CT molecular complexity index is 438. The van der Waals surface area contributed by atoms with E-state index in [2.05, 4.69) is 0 Å². The molecule has 19 heavy (non-hydrogen) atoms. The lowest BCUT2D eigenvalue weighted by Crippen LogP contribution is -2.05. The summed E-state index contributed by atoms with van der Waals surface area (Å²) in [5, 5.41) is 0. The first-order valence-electron chi connectivity index (χ1n) is 6.18. The molecule has 0 N–H and O–H groups in total. The van der Waals surface area contributed by atoms with Crippen molar-refractivity contribution in [3.63, 3.8) is 0 Å². The minimum atomic E-state index is -0.769. The van der Waals surface area contributed by atoms with E-state index in [-0.39, 0.29) is 30.2 Å². The molecule has 0 aliphatic carbocycles. The van der Waals surface area contributed by atoms with Gasteiger partial charge < -0.3 is 4.74 Å². The molecule has 0 aliphatic rings. The molecule has 0 radical (unpaired) electrons. The first kappa shape index (κ1) is 15.3. The van der Waals surface area contributed by atoms with Crippen LogP contribution in [0.15, 0.2) is 18.2 Å². The molecule has 0 amide bonds. The summed E-state index contributed by atoms with van der Waals surface area (Å²) >= 11 is 0. The van der Waals surface area contributed by atoms with Gasteiger partial charge in [0.2, 0.25) is 0 Å². The smallest absolute Gasteiger partial charge is 0.305 e. The summed E-state index contributed by atoms with van der Waals surface area (Å²) in [4.78, 5) is 22.7. The van der Waals surface area contributed by atoms with Gasteiger partial charge in [-0.05, 0) is 31.9 Å². The van der Waals surface area contributed by atoms with Crippen LogP contribution in [-0.4, -0.2) is 18.4 Å². The fourth-order valence-electron chi connectivity index (χ4n) is 1.65. The number of unbranched alkanes of at least 4 members (excludes halogenated alkanes) is 1. The molecule has 3 nitrogen and oxygen atoms in total. The maximum absolute atomic E-state index is 12.9. The number of hydrogen-bond acceptors (Lipinski definition) is 3. The van der Waals surface area contributed by atoms with Crippen LogP contribution in [0, 0.1) is 11.6 Å². The summed E-state index contributed by atoms with van der Waals surface area (Å²) in [7, 11) is 0. The van der Waals surface area contributed by atoms with Gasteiger partial charge in [0.1, 0.15) is 11.6 Å². The number of carbonyl (C=O) groups is 2. The molecule has 1 aromatic carbocycles. The highest BCUT2D eigenvalue weighted by Crippen LogP contribution is 2.12. The number of ether oxygens (including phenoxy) is 1. The second-order valence-corrected chi connectivity index (χ2v) is 4.09. The van der Waals surface area contributed by atoms with Crippen LogP contribution in [0.5, 0.6) is 0 Å². The minimum Gasteiger partial charge on any atom is -0.466 e. The number of Topliss-reactive ketones (excluding diaryl/α,β-unsaturated/α-hetero) is 1. The first-order chi connectivity index (χ1) is 9.02. The monoisotopic (exact) mass is 270 g/mol. The van der Waals surface area contributed by atoms with Gasteiger partial charge >= 0.3 is 5.97 Å². The van der Waals surface area contributed by atoms with E-state index in [9.17, 15) is 18.4 Å². The van der Waals surface area contributed by atoms with Gasteiger partial charge in [-0.2, -0.15) is 0 Å². The average Bonchev–Trinajstić information content (AvgIpc) is 2.33. The van der Waals surface area contributed by atoms with E-state index in [4.69, 9.17) is 4.74 Å². The molecule has 0 spiro atoms. The van der Waals surface area contributed by atoms with Crippen LogP contribution in [0.3, 0.4) is 0 Å². The maximum atomic E-state index is 12.9. The summed E-state index contributed by atoms with van der Waals surface area (Å²) in [5.41, 5.74) is 0.0219. The van der Waals surface area contributed by atoms with Crippen molar-refractivity contribution >= 4 is 11.8 Å². The zero-order valence-electron chi connectivity index (χ0n) is 10.7. The summed E-state index contributed by atoms with van der Waals surface area (Å²) in [6, 6.07) is 2.74. The van der Waals surface area contributed by atoms with Crippen LogP contribution < -0.4 is 0 Å². The van der Waals surface area contributed by atoms with E-state index >= 15 is 0 Å². The predicted molar refractivity (Wildman–Crippen MR) is 65.8 cm³/mol. The molecule has 0 aromatic heterocycles. The van der Waals surface area contributed by atoms with Crippen LogP contribution in [0.1, 0.15) is 43.0 Å². The minimum absolute atomic E-state index is 0.0219. The summed E-state index contributed by atoms with van der Waals surface area (Å²) in [5.74, 6) is -2.17. The van der Waals surface area contributed by atoms with Crippen molar-refractivity contribution in [1.82, 2.24) is 0 Å². The van der Waals surface area contributed by atoms with Gasteiger partial charge in [-0.1, -0.05) is 0 Å². The van der Waals surface area contributed by atoms with Crippen molar-refractivity contribution in [2.24, 2.45) is 0 Å². The normalized spacial score (nSPS) is 10.3. The summed E-state index contributed by atoms with van der Waals surface area (Å²) in [6.45, 7) is 2.06. The largest absolute Gasteiger partial charge is 0.466 e. The third-order valence-corrected chi connectivity index (χ3v) is 2.52. The van der Waals surface area contributed by atoms with Crippen molar-refractivity contribution in [3.05, 3.63) is 35.4 Å². The van der Waals surface area contributed by atoms with Crippen molar-refractivity contribution in [1.29, 1.82) is 0 Å². The van der Waals surface area contributed by atoms with E-state index < -0.39 is 11.6 Å². The van der Waals surface area contributed by atoms with Crippen LogP contribution in [0.25, 0.3) is 0 Å². The molecule has 0 saturated carbocycles. The van der Waals surface area contributed by atoms with Gasteiger partial charge in [-0.25, -0.2) is 8.78 Å². The Balaban J connectivity index is 2.37. The lowest BCUT2D eigenvalue weighted by Gasteiger charge is -2.03. The maximum Gasteiger partial charge on any atom is 0.305 e. The summed E-state index contributed by atoms with van der Waals surface area (Å²) < 4.78 is 30.6. The molecule has 0 bridgehead atoms. The highest BCUT2D eigenvalue weighted by Gasteiger charge is 2.09. The van der Waals surface area contributed by atoms with Gasteiger partial charge in [-0.15, -0.1) is 0 Å². The first-order valence-corrected chi connectivity index (χ1v) is 6.18. The van der Waals surface area contributed by atoms with Crippen LogP contribution in [0.4, 0.5) is 8.78 Å². The highest BCUT2D eigenvalue weighted by molar-refractivity contribution is 5.96. The molecular formula is C14H16F2O3. The third kappa shape index (κ3) is 5.59. The van der Waals surface area contributed by atoms with Gasteiger partial charge in [0.25, 0.3) is 0 Å². The molecule has 0 fully saturated rings. The molecule has 0 atom stereocenters. The van der Waals surface area contributed by atoms with Crippen LogP contribution >= 0.6 is 0 Å². The van der Waals surface area contributed by atoms with Crippen molar-refractivity contribution in [3.8, 4) is 0 Å². The van der Waals surface area contributed by atoms with Gasteiger partial charge in [0.15, 0.2) is 5.78 Å². The van der Waals surface area contributed by atoms with Gasteiger partial charge in [-0.3, -0.25) is 9.59 Å². The number of benzene rings is 1. The Morgan fingerprint density at radius 2 is 1.63 bits per heavy atom. The highest BCUT2D eigenvalue weighted by atomic mass is 19.1. The second kappa shape index (κ2) is 7.61. The third-order valence-electron chi connectivity index (χ3n) is 2.52. The lowest BCUT2D eigenvalue weighted by atomic mass is 10.0. The predicted octanol–water partition coefficient (Wildman–Crippen LogP) is 3.27. The van der Waals surface area contributed by atoms with Crippen LogP contribution in [-0.2, 0) is 9.53 Å². The molecule has 1 aromatic rings. The Morgan fingerprint density at radius 1 is 1.05 bits per heavy atom. The fraction of sp³-hybridized carbons (Fsp3) is 0.429. The number of halogens is 2. The molecule has 0 aliphatic heterocycles. The van der Waals surface area contributed by atoms with Crippen molar-refractivity contribution in [2.75, 3.05) is 6.61 Å². The number of hydrogen-bond donors (Lipinski definition) is 0.